The Kier molecular flexibility index (Phi) is 7.78. The predicted molar refractivity (Wildman–Crippen MR) is 102 cm³/mol. The number of likely N-dealkylation sites (tertiary alicyclic amines) is 1. The Morgan fingerprint density at radius 1 is 1.35 bits per heavy atom. The van der Waals surface area contributed by atoms with E-state index in [0.717, 1.165) is 25.9 Å². The number of nitrogens with one attached hydrogen (secondary N) is 1. The number of nitrogens with zero attached hydrogens (tertiary/aromatic N) is 2. The third-order valence-corrected chi connectivity index (χ3v) is 4.61. The van der Waals surface area contributed by atoms with E-state index in [0.29, 0.717) is 30.2 Å². The smallest absolute Gasteiger partial charge is 0.288 e. The number of piperidine rings is 1. The van der Waals surface area contributed by atoms with Crippen LogP contribution in [0.2, 0.25) is 0 Å². The number of halogens is 1. The highest BCUT2D eigenvalue weighted by Crippen LogP contribution is 2.19. The van der Waals surface area contributed by atoms with Gasteiger partial charge in [-0.3, -0.25) is 4.79 Å². The number of rotatable bonds is 6. The van der Waals surface area contributed by atoms with Crippen molar-refractivity contribution < 1.29 is 13.9 Å². The number of hydrogen-bond acceptors (Lipinski definition) is 4. The van der Waals surface area contributed by atoms with Crippen LogP contribution >= 0.6 is 0 Å². The molecule has 26 heavy (non-hydrogen) atoms. The highest BCUT2D eigenvalue weighted by molar-refractivity contribution is 6.04. The fourth-order valence-electron chi connectivity index (χ4n) is 2.90. The van der Waals surface area contributed by atoms with Gasteiger partial charge in [0.2, 0.25) is 0 Å². The van der Waals surface area contributed by atoms with Gasteiger partial charge < -0.3 is 15.0 Å². The second kappa shape index (κ2) is 10.1. The number of hydrogen-bond donors (Lipinski definition) is 1. The molecule has 1 saturated heterocycles. The third-order valence-electron chi connectivity index (χ3n) is 4.61. The number of carbonyl (C=O) groups is 1. The molecule has 5 nitrogen and oxygen atoms in total. The molecule has 2 rings (SSSR count). The molecule has 0 bridgehead atoms. The lowest BCUT2D eigenvalue weighted by atomic mass is 9.97. The lowest BCUT2D eigenvalue weighted by molar-refractivity contribution is 0.104. The molecular weight excluding hydrogens is 333 g/mol. The van der Waals surface area contributed by atoms with E-state index in [9.17, 15) is 9.18 Å². The lowest BCUT2D eigenvalue weighted by Gasteiger charge is -2.34. The molecular formula is C20H28FN3O2. The SMILES string of the molecule is CN=C(N/C=C/C(=O)c1ccc(F)cc1)OCC1CCN(C(C)C)CC1. The van der Waals surface area contributed by atoms with Crippen LogP contribution in [0, 0.1) is 11.7 Å². The molecule has 1 fully saturated rings. The van der Waals surface area contributed by atoms with Gasteiger partial charge in [-0.2, -0.15) is 0 Å². The van der Waals surface area contributed by atoms with Gasteiger partial charge in [0.1, 0.15) is 5.82 Å². The van der Waals surface area contributed by atoms with Crippen LogP contribution < -0.4 is 5.32 Å². The Bertz CT molecular complexity index is 633. The molecule has 0 unspecified atom stereocenters. The van der Waals surface area contributed by atoms with E-state index in [2.05, 4.69) is 29.1 Å². The highest BCUT2D eigenvalue weighted by Gasteiger charge is 2.21. The summed E-state index contributed by atoms with van der Waals surface area (Å²) in [5.41, 5.74) is 0.428. The summed E-state index contributed by atoms with van der Waals surface area (Å²) >= 11 is 0. The number of carbonyl (C=O) groups excluding carboxylic acids is 1. The van der Waals surface area contributed by atoms with Crippen molar-refractivity contribution in [3.63, 3.8) is 0 Å². The Labute approximate surface area is 154 Å². The van der Waals surface area contributed by atoms with Crippen molar-refractivity contribution in [2.24, 2.45) is 10.9 Å². The zero-order valence-electron chi connectivity index (χ0n) is 15.7. The van der Waals surface area contributed by atoms with E-state index in [-0.39, 0.29) is 11.6 Å². The largest absolute Gasteiger partial charge is 0.465 e. The Morgan fingerprint density at radius 2 is 2.00 bits per heavy atom. The molecule has 0 aliphatic carbocycles. The van der Waals surface area contributed by atoms with Crippen molar-refractivity contribution in [3.8, 4) is 0 Å². The summed E-state index contributed by atoms with van der Waals surface area (Å²) in [5.74, 6) is -0.0564. The van der Waals surface area contributed by atoms with Crippen LogP contribution in [0.1, 0.15) is 37.0 Å². The van der Waals surface area contributed by atoms with Crippen molar-refractivity contribution in [2.45, 2.75) is 32.7 Å². The van der Waals surface area contributed by atoms with Gasteiger partial charge in [-0.1, -0.05) is 0 Å². The second-order valence-corrected chi connectivity index (χ2v) is 6.76. The van der Waals surface area contributed by atoms with Gasteiger partial charge in [0.15, 0.2) is 5.78 Å². The first-order valence-electron chi connectivity index (χ1n) is 9.06. The van der Waals surface area contributed by atoms with E-state index < -0.39 is 0 Å². The van der Waals surface area contributed by atoms with Crippen molar-refractivity contribution in [1.29, 1.82) is 0 Å². The minimum Gasteiger partial charge on any atom is -0.465 e. The lowest BCUT2D eigenvalue weighted by Crippen LogP contribution is -2.39. The fraction of sp³-hybridized carbons (Fsp3) is 0.500. The second-order valence-electron chi connectivity index (χ2n) is 6.76. The number of ether oxygens (including phenoxy) is 1. The molecule has 0 spiro atoms. The van der Waals surface area contributed by atoms with Gasteiger partial charge in [0.05, 0.1) is 6.61 Å². The van der Waals surface area contributed by atoms with Crippen LogP contribution in [-0.4, -0.2) is 49.5 Å². The Balaban J connectivity index is 1.74. The maximum Gasteiger partial charge on any atom is 0.288 e. The maximum absolute atomic E-state index is 12.9. The third kappa shape index (κ3) is 6.26. The molecule has 0 atom stereocenters. The van der Waals surface area contributed by atoms with E-state index in [1.807, 2.05) is 0 Å². The average molecular weight is 361 g/mol. The van der Waals surface area contributed by atoms with Crippen LogP contribution in [0.4, 0.5) is 4.39 Å². The van der Waals surface area contributed by atoms with Crippen molar-refractivity contribution >= 4 is 11.8 Å². The molecule has 1 aromatic carbocycles. The van der Waals surface area contributed by atoms with E-state index >= 15 is 0 Å². The topological polar surface area (TPSA) is 53.9 Å². The quantitative estimate of drug-likeness (QED) is 0.366. The first-order valence-corrected chi connectivity index (χ1v) is 9.06. The summed E-state index contributed by atoms with van der Waals surface area (Å²) in [6.07, 6.45) is 5.11. The molecule has 0 aromatic heterocycles. The summed E-state index contributed by atoms with van der Waals surface area (Å²) in [5, 5.41) is 2.89. The average Bonchev–Trinajstić information content (AvgIpc) is 2.65. The first-order chi connectivity index (χ1) is 12.5. The van der Waals surface area contributed by atoms with Crippen LogP contribution in [0.15, 0.2) is 41.5 Å². The molecule has 1 N–H and O–H groups in total. The summed E-state index contributed by atoms with van der Waals surface area (Å²) in [6, 6.07) is 6.42. The van der Waals surface area contributed by atoms with E-state index in [4.69, 9.17) is 4.74 Å². The molecule has 1 aliphatic rings. The van der Waals surface area contributed by atoms with Gasteiger partial charge in [-0.25, -0.2) is 9.38 Å². The van der Waals surface area contributed by atoms with Gasteiger partial charge in [-0.05, 0) is 70.0 Å². The fourth-order valence-corrected chi connectivity index (χ4v) is 2.90. The molecule has 0 amide bonds. The molecule has 142 valence electrons. The zero-order valence-corrected chi connectivity index (χ0v) is 15.7. The number of aliphatic imine (C=N–C) groups is 1. The van der Waals surface area contributed by atoms with Crippen LogP contribution in [0.3, 0.4) is 0 Å². The standard InChI is InChI=1S/C20H28FN3O2/c1-15(2)24-12-9-16(10-13-24)14-26-20(22-3)23-11-8-19(25)17-4-6-18(21)7-5-17/h4-8,11,15-16H,9-10,12-14H2,1-3H3,(H,22,23)/b11-8+. The van der Waals surface area contributed by atoms with Crippen molar-refractivity contribution in [3.05, 3.63) is 47.9 Å². The number of allylic oxidation sites excluding steroid dienone is 1. The number of amidine groups is 1. The monoisotopic (exact) mass is 361 g/mol. The highest BCUT2D eigenvalue weighted by atomic mass is 19.1. The van der Waals surface area contributed by atoms with Gasteiger partial charge in [0, 0.05) is 30.9 Å². The van der Waals surface area contributed by atoms with Crippen LogP contribution in [0.25, 0.3) is 0 Å². The summed E-state index contributed by atoms with van der Waals surface area (Å²) in [6.45, 7) is 7.27. The molecule has 0 radical (unpaired) electrons. The maximum atomic E-state index is 12.9. The molecule has 6 heteroatoms. The molecule has 1 aliphatic heterocycles. The minimum absolute atomic E-state index is 0.214. The Hall–Kier alpha value is -2.21. The van der Waals surface area contributed by atoms with E-state index in [1.165, 1.54) is 36.5 Å². The Morgan fingerprint density at radius 3 is 2.58 bits per heavy atom. The predicted octanol–water partition coefficient (Wildman–Crippen LogP) is 3.23. The van der Waals surface area contributed by atoms with Crippen LogP contribution in [-0.2, 0) is 4.74 Å². The van der Waals surface area contributed by atoms with Gasteiger partial charge in [0.25, 0.3) is 6.02 Å². The molecule has 1 aromatic rings. The number of benzene rings is 1. The zero-order chi connectivity index (χ0) is 18.9. The first kappa shape index (κ1) is 20.1. The minimum atomic E-state index is -0.364. The van der Waals surface area contributed by atoms with Crippen molar-refractivity contribution in [2.75, 3.05) is 26.7 Å². The van der Waals surface area contributed by atoms with E-state index in [1.54, 1.807) is 7.05 Å². The summed E-state index contributed by atoms with van der Waals surface area (Å²) < 4.78 is 18.6. The number of ketones is 1. The van der Waals surface area contributed by atoms with Crippen molar-refractivity contribution in [1.82, 2.24) is 10.2 Å². The van der Waals surface area contributed by atoms with Crippen LogP contribution in [0.5, 0.6) is 0 Å². The normalized spacial score (nSPS) is 17.0. The summed E-state index contributed by atoms with van der Waals surface area (Å²) in [7, 11) is 1.64. The molecule has 0 saturated carbocycles. The van der Waals surface area contributed by atoms with Gasteiger partial charge >= 0.3 is 0 Å². The van der Waals surface area contributed by atoms with Gasteiger partial charge in [-0.15, -0.1) is 0 Å². The summed E-state index contributed by atoms with van der Waals surface area (Å²) in [4.78, 5) is 18.5. The molecule has 1 heterocycles.